The van der Waals surface area contributed by atoms with Crippen molar-refractivity contribution in [3.8, 4) is 6.07 Å². The Balaban J connectivity index is 1.31. The third-order valence-corrected chi connectivity index (χ3v) is 7.61. The van der Waals surface area contributed by atoms with Crippen molar-refractivity contribution in [2.45, 2.75) is 38.1 Å². The van der Waals surface area contributed by atoms with Gasteiger partial charge in [-0.2, -0.15) is 5.26 Å². The van der Waals surface area contributed by atoms with Crippen molar-refractivity contribution >= 4 is 34.4 Å². The van der Waals surface area contributed by atoms with Gasteiger partial charge in [-0.25, -0.2) is 9.97 Å². The molecule has 0 N–H and O–H groups in total. The first-order valence-corrected chi connectivity index (χ1v) is 13.3. The van der Waals surface area contributed by atoms with E-state index in [1.54, 1.807) is 46.0 Å². The molecule has 9 nitrogen and oxygen atoms in total. The Morgan fingerprint density at radius 2 is 1.85 bits per heavy atom. The summed E-state index contributed by atoms with van der Waals surface area (Å²) in [4.78, 5) is 51.3. The fourth-order valence-electron chi connectivity index (χ4n) is 5.16. The van der Waals surface area contributed by atoms with Gasteiger partial charge >= 0.3 is 0 Å². The molecule has 1 aliphatic heterocycles. The standard InChI is InChI=1S/C31H30N6O3/c1-21(23-9-6-10-24(19-23)28(39)22-7-4-3-5-8-22)31(40)37-18-14-26-29(33-20-34-30(26)37)35(2)16-12-25-13-17-36(25)27(38)11-15-32/h3-10,14,18-21,25H,11-13,16-17H2,1-2H3. The summed E-state index contributed by atoms with van der Waals surface area (Å²) in [6.45, 7) is 3.18. The van der Waals surface area contributed by atoms with E-state index in [2.05, 4.69) is 9.97 Å². The highest BCUT2D eigenvalue weighted by atomic mass is 16.2. The second-order valence-corrected chi connectivity index (χ2v) is 10.1. The van der Waals surface area contributed by atoms with E-state index in [-0.39, 0.29) is 30.1 Å². The van der Waals surface area contributed by atoms with Crippen LogP contribution in [0.1, 0.15) is 58.4 Å². The largest absolute Gasteiger partial charge is 0.359 e. The number of carbonyl (C=O) groups excluding carboxylic acids is 3. The summed E-state index contributed by atoms with van der Waals surface area (Å²) in [5.74, 6) is -0.175. The smallest absolute Gasteiger partial charge is 0.239 e. The highest BCUT2D eigenvalue weighted by Crippen LogP contribution is 2.28. The zero-order chi connectivity index (χ0) is 28.2. The van der Waals surface area contributed by atoms with Crippen LogP contribution in [0.3, 0.4) is 0 Å². The lowest BCUT2D eigenvalue weighted by atomic mass is 9.95. The second-order valence-electron chi connectivity index (χ2n) is 10.1. The van der Waals surface area contributed by atoms with Gasteiger partial charge in [0.25, 0.3) is 0 Å². The molecular formula is C31H30N6O3. The van der Waals surface area contributed by atoms with Crippen LogP contribution >= 0.6 is 0 Å². The molecule has 2 aromatic heterocycles. The SMILES string of the molecule is CC(C(=O)n1ccc2c(N(C)CCC3CCN3C(=O)CC#N)ncnc21)c1cccc(C(=O)c2ccccc2)c1. The zero-order valence-corrected chi connectivity index (χ0v) is 22.5. The molecule has 2 atom stereocenters. The Hall–Kier alpha value is -4.84. The van der Waals surface area contributed by atoms with Crippen molar-refractivity contribution in [1.82, 2.24) is 19.4 Å². The minimum atomic E-state index is -0.509. The van der Waals surface area contributed by atoms with E-state index in [1.165, 1.54) is 6.33 Å². The minimum Gasteiger partial charge on any atom is -0.359 e. The molecule has 0 bridgehead atoms. The highest BCUT2D eigenvalue weighted by molar-refractivity contribution is 6.09. The first-order chi connectivity index (χ1) is 19.4. The molecule has 1 amide bonds. The molecule has 2 aromatic carbocycles. The van der Waals surface area contributed by atoms with Crippen molar-refractivity contribution in [2.24, 2.45) is 0 Å². The molecule has 1 fully saturated rings. The molecule has 9 heteroatoms. The van der Waals surface area contributed by atoms with Gasteiger partial charge in [-0.05, 0) is 37.5 Å². The number of nitrogens with zero attached hydrogens (tertiary/aromatic N) is 6. The number of rotatable bonds is 9. The van der Waals surface area contributed by atoms with Crippen molar-refractivity contribution in [3.63, 3.8) is 0 Å². The molecule has 4 aromatic rings. The Morgan fingerprint density at radius 1 is 1.07 bits per heavy atom. The van der Waals surface area contributed by atoms with Gasteiger partial charge in [-0.1, -0.05) is 48.5 Å². The Kier molecular flexibility index (Phi) is 7.69. The summed E-state index contributed by atoms with van der Waals surface area (Å²) in [7, 11) is 1.93. The predicted octanol–water partition coefficient (Wildman–Crippen LogP) is 4.45. The number of fused-ring (bicyclic) bond motifs is 1. The lowest BCUT2D eigenvalue weighted by Gasteiger charge is -2.41. The fourth-order valence-corrected chi connectivity index (χ4v) is 5.16. The normalized spacial score (nSPS) is 15.2. The molecular weight excluding hydrogens is 504 g/mol. The van der Waals surface area contributed by atoms with E-state index in [0.717, 1.165) is 23.8 Å². The van der Waals surface area contributed by atoms with Gasteiger partial charge in [0.05, 0.1) is 17.4 Å². The molecule has 0 radical (unpaired) electrons. The van der Waals surface area contributed by atoms with Gasteiger partial charge in [0.15, 0.2) is 11.4 Å². The van der Waals surface area contributed by atoms with Crippen molar-refractivity contribution < 1.29 is 14.4 Å². The Bertz CT molecular complexity index is 1610. The van der Waals surface area contributed by atoms with E-state index in [4.69, 9.17) is 5.26 Å². The van der Waals surface area contributed by atoms with Crippen molar-refractivity contribution in [1.29, 1.82) is 5.26 Å². The van der Waals surface area contributed by atoms with Crippen LogP contribution in [0, 0.1) is 11.3 Å². The van der Waals surface area contributed by atoms with E-state index in [1.807, 2.05) is 55.3 Å². The first-order valence-electron chi connectivity index (χ1n) is 13.3. The van der Waals surface area contributed by atoms with Crippen LogP contribution in [0.4, 0.5) is 5.82 Å². The number of aromatic nitrogens is 3. The molecule has 0 spiro atoms. The van der Waals surface area contributed by atoms with Crippen LogP contribution in [0.5, 0.6) is 0 Å². The van der Waals surface area contributed by atoms with Crippen molar-refractivity contribution in [2.75, 3.05) is 25.0 Å². The summed E-state index contributed by atoms with van der Waals surface area (Å²) in [5, 5.41) is 9.57. The number of hydrogen-bond acceptors (Lipinski definition) is 7. The molecule has 2 unspecified atom stereocenters. The number of anilines is 1. The van der Waals surface area contributed by atoms with E-state index in [9.17, 15) is 14.4 Å². The highest BCUT2D eigenvalue weighted by Gasteiger charge is 2.31. The molecule has 202 valence electrons. The van der Waals surface area contributed by atoms with Crippen LogP contribution in [0.2, 0.25) is 0 Å². The van der Waals surface area contributed by atoms with Gasteiger partial charge in [0, 0.05) is 43.5 Å². The third kappa shape index (κ3) is 5.21. The summed E-state index contributed by atoms with van der Waals surface area (Å²) < 4.78 is 1.54. The molecule has 5 rings (SSSR count). The lowest BCUT2D eigenvalue weighted by Crippen LogP contribution is -2.52. The number of nitriles is 1. The van der Waals surface area contributed by atoms with Gasteiger partial charge < -0.3 is 9.80 Å². The van der Waals surface area contributed by atoms with Crippen LogP contribution in [-0.2, 0) is 4.79 Å². The van der Waals surface area contributed by atoms with Gasteiger partial charge in [-0.15, -0.1) is 0 Å². The summed E-state index contributed by atoms with van der Waals surface area (Å²) in [5.41, 5.74) is 2.39. The topological polar surface area (TPSA) is 112 Å². The maximum absolute atomic E-state index is 13.6. The monoisotopic (exact) mass is 534 g/mol. The van der Waals surface area contributed by atoms with E-state index < -0.39 is 5.92 Å². The van der Waals surface area contributed by atoms with Gasteiger partial charge in [0.1, 0.15) is 18.6 Å². The summed E-state index contributed by atoms with van der Waals surface area (Å²) >= 11 is 0. The lowest BCUT2D eigenvalue weighted by molar-refractivity contribution is -0.137. The number of likely N-dealkylation sites (tertiary alicyclic amines) is 1. The van der Waals surface area contributed by atoms with Crippen molar-refractivity contribution in [3.05, 3.63) is 89.9 Å². The molecule has 1 aliphatic rings. The van der Waals surface area contributed by atoms with Crippen LogP contribution in [-0.4, -0.2) is 63.2 Å². The number of benzene rings is 2. The summed E-state index contributed by atoms with van der Waals surface area (Å²) in [6, 6.07) is 20.2. The Labute approximate surface area is 232 Å². The first kappa shape index (κ1) is 26.8. The van der Waals surface area contributed by atoms with Crippen LogP contribution in [0.15, 0.2) is 73.2 Å². The molecule has 40 heavy (non-hydrogen) atoms. The maximum Gasteiger partial charge on any atom is 0.239 e. The molecule has 0 aliphatic carbocycles. The maximum atomic E-state index is 13.6. The zero-order valence-electron chi connectivity index (χ0n) is 22.5. The molecule has 0 saturated carbocycles. The van der Waals surface area contributed by atoms with Gasteiger partial charge in [-0.3, -0.25) is 19.0 Å². The van der Waals surface area contributed by atoms with Crippen LogP contribution in [0.25, 0.3) is 11.0 Å². The summed E-state index contributed by atoms with van der Waals surface area (Å²) in [6.07, 6.45) is 4.75. The third-order valence-electron chi connectivity index (χ3n) is 7.61. The number of hydrogen-bond donors (Lipinski definition) is 0. The fraction of sp³-hybridized carbons (Fsp3) is 0.290. The quantitative estimate of drug-likeness (QED) is 0.292. The average molecular weight is 535 g/mol. The van der Waals surface area contributed by atoms with E-state index in [0.29, 0.717) is 35.7 Å². The average Bonchev–Trinajstić information content (AvgIpc) is 3.40. The Morgan fingerprint density at radius 3 is 2.58 bits per heavy atom. The van der Waals surface area contributed by atoms with Gasteiger partial charge in [0.2, 0.25) is 11.8 Å². The predicted molar refractivity (Wildman–Crippen MR) is 151 cm³/mol. The number of carbonyl (C=O) groups is 3. The number of amides is 1. The minimum absolute atomic E-state index is 0.0895. The van der Waals surface area contributed by atoms with E-state index >= 15 is 0 Å². The second kappa shape index (κ2) is 11.5. The van der Waals surface area contributed by atoms with Crippen LogP contribution < -0.4 is 4.90 Å². The number of ketones is 1. The molecule has 1 saturated heterocycles. The molecule has 3 heterocycles.